The maximum atomic E-state index is 13.5. The van der Waals surface area contributed by atoms with Crippen LogP contribution in [0.15, 0.2) is 24.3 Å². The van der Waals surface area contributed by atoms with Crippen molar-refractivity contribution >= 4 is 17.5 Å². The number of nitrogens with zero attached hydrogens (tertiary/aromatic N) is 2. The highest BCUT2D eigenvalue weighted by molar-refractivity contribution is 6.09. The number of aliphatic hydroxyl groups is 1. The minimum atomic E-state index is -0.856. The third kappa shape index (κ3) is 2.06. The molecule has 2 N–H and O–H groups in total. The maximum absolute atomic E-state index is 13.5. The molecule has 0 unspecified atom stereocenters. The Morgan fingerprint density at radius 1 is 1.15 bits per heavy atom. The molecule has 0 aliphatic carbocycles. The van der Waals surface area contributed by atoms with Gasteiger partial charge in [-0.15, -0.1) is 0 Å². The number of likely N-dealkylation sites (tertiary alicyclic amines) is 1. The van der Waals surface area contributed by atoms with E-state index in [1.807, 2.05) is 29.2 Å². The Labute approximate surface area is 153 Å². The highest BCUT2D eigenvalue weighted by Gasteiger charge is 2.65. The number of anilines is 1. The number of hydrogen-bond donors (Lipinski definition) is 2. The van der Waals surface area contributed by atoms with E-state index in [0.717, 1.165) is 37.1 Å². The van der Waals surface area contributed by atoms with Gasteiger partial charge < -0.3 is 15.3 Å². The van der Waals surface area contributed by atoms with Gasteiger partial charge in [-0.3, -0.25) is 14.5 Å². The molecule has 0 aromatic heterocycles. The number of nitrogens with one attached hydrogen (secondary N) is 1. The normalized spacial score (nSPS) is 34.2. The van der Waals surface area contributed by atoms with Gasteiger partial charge in [0.1, 0.15) is 5.54 Å². The Morgan fingerprint density at radius 3 is 2.73 bits per heavy atom. The number of fused-ring (bicyclic) bond motifs is 4. The van der Waals surface area contributed by atoms with Gasteiger partial charge in [0.05, 0.1) is 12.0 Å². The van der Waals surface area contributed by atoms with Crippen LogP contribution in [0.5, 0.6) is 0 Å². The monoisotopic (exact) mass is 355 g/mol. The zero-order valence-electron chi connectivity index (χ0n) is 14.9. The van der Waals surface area contributed by atoms with Crippen molar-refractivity contribution in [2.75, 3.05) is 25.0 Å². The Morgan fingerprint density at radius 2 is 1.92 bits per heavy atom. The van der Waals surface area contributed by atoms with Crippen molar-refractivity contribution in [3.05, 3.63) is 29.8 Å². The number of para-hydroxylation sites is 1. The molecule has 3 atom stereocenters. The average Bonchev–Trinajstić information content (AvgIpc) is 3.30. The fourth-order valence-electron chi connectivity index (χ4n) is 5.67. The van der Waals surface area contributed by atoms with E-state index in [1.54, 1.807) is 0 Å². The smallest absolute Gasteiger partial charge is 0.250 e. The number of carbonyl (C=O) groups excluding carboxylic acids is 2. The van der Waals surface area contributed by atoms with Crippen LogP contribution in [0.2, 0.25) is 0 Å². The lowest BCUT2D eigenvalue weighted by atomic mass is 9.77. The summed E-state index contributed by atoms with van der Waals surface area (Å²) in [7, 11) is 0. The molecule has 138 valence electrons. The molecule has 26 heavy (non-hydrogen) atoms. The summed E-state index contributed by atoms with van der Waals surface area (Å²) >= 11 is 0. The molecule has 4 aliphatic rings. The number of piperidine rings is 1. The highest BCUT2D eigenvalue weighted by Crippen LogP contribution is 2.55. The van der Waals surface area contributed by atoms with Crippen LogP contribution in [0.4, 0.5) is 5.69 Å². The molecule has 6 heteroatoms. The van der Waals surface area contributed by atoms with Crippen molar-refractivity contribution in [2.24, 2.45) is 5.92 Å². The number of amides is 2. The van der Waals surface area contributed by atoms with Crippen LogP contribution in [0.1, 0.15) is 37.7 Å². The van der Waals surface area contributed by atoms with Crippen LogP contribution in [0.3, 0.4) is 0 Å². The van der Waals surface area contributed by atoms with Gasteiger partial charge in [-0.2, -0.15) is 0 Å². The molecule has 1 spiro atoms. The predicted octanol–water partition coefficient (Wildman–Crippen LogP) is 1.30. The second kappa shape index (κ2) is 5.79. The SMILES string of the molecule is O=C([C@H]1C[C@H]2CCCN2[C@]12C(=O)Nc1ccccc12)N1CCC(O)CC1. The van der Waals surface area contributed by atoms with Crippen molar-refractivity contribution in [2.45, 2.75) is 49.8 Å². The van der Waals surface area contributed by atoms with Gasteiger partial charge in [0, 0.05) is 30.4 Å². The van der Waals surface area contributed by atoms with E-state index in [4.69, 9.17) is 0 Å². The Kier molecular flexibility index (Phi) is 3.62. The van der Waals surface area contributed by atoms with E-state index in [0.29, 0.717) is 32.0 Å². The molecule has 1 aromatic rings. The molecule has 6 nitrogen and oxygen atoms in total. The zero-order chi connectivity index (χ0) is 17.9. The molecule has 5 rings (SSSR count). The topological polar surface area (TPSA) is 72.9 Å². The van der Waals surface area contributed by atoms with E-state index >= 15 is 0 Å². The van der Waals surface area contributed by atoms with Crippen molar-refractivity contribution in [3.8, 4) is 0 Å². The van der Waals surface area contributed by atoms with Gasteiger partial charge >= 0.3 is 0 Å². The van der Waals surface area contributed by atoms with Crippen molar-refractivity contribution in [1.29, 1.82) is 0 Å². The first-order chi connectivity index (χ1) is 12.6. The van der Waals surface area contributed by atoms with Crippen molar-refractivity contribution in [3.63, 3.8) is 0 Å². The van der Waals surface area contributed by atoms with Crippen molar-refractivity contribution < 1.29 is 14.7 Å². The van der Waals surface area contributed by atoms with Crippen LogP contribution in [0.25, 0.3) is 0 Å². The molecular weight excluding hydrogens is 330 g/mol. The molecule has 4 heterocycles. The molecular formula is C20H25N3O3. The molecule has 1 aromatic carbocycles. The summed E-state index contributed by atoms with van der Waals surface area (Å²) < 4.78 is 0. The lowest BCUT2D eigenvalue weighted by Gasteiger charge is -2.39. The van der Waals surface area contributed by atoms with Gasteiger partial charge in [-0.25, -0.2) is 0 Å². The lowest BCUT2D eigenvalue weighted by molar-refractivity contribution is -0.145. The fraction of sp³-hybridized carbons (Fsp3) is 0.600. The largest absolute Gasteiger partial charge is 0.393 e. The van der Waals surface area contributed by atoms with Crippen LogP contribution in [-0.2, 0) is 15.1 Å². The molecule has 0 radical (unpaired) electrons. The van der Waals surface area contributed by atoms with E-state index in [1.165, 1.54) is 0 Å². The first kappa shape index (κ1) is 16.3. The quantitative estimate of drug-likeness (QED) is 0.797. The molecule has 3 saturated heterocycles. The Bertz CT molecular complexity index is 758. The van der Waals surface area contributed by atoms with Crippen LogP contribution < -0.4 is 5.32 Å². The van der Waals surface area contributed by atoms with Crippen LogP contribution >= 0.6 is 0 Å². The minimum absolute atomic E-state index is 0.0431. The third-order valence-corrected chi connectivity index (χ3v) is 6.85. The summed E-state index contributed by atoms with van der Waals surface area (Å²) in [5.41, 5.74) is 0.951. The lowest BCUT2D eigenvalue weighted by Crippen LogP contribution is -2.55. The molecule has 0 saturated carbocycles. The number of carbonyl (C=O) groups is 2. The maximum Gasteiger partial charge on any atom is 0.250 e. The minimum Gasteiger partial charge on any atom is -0.393 e. The van der Waals surface area contributed by atoms with E-state index in [9.17, 15) is 14.7 Å². The molecule has 2 amide bonds. The third-order valence-electron chi connectivity index (χ3n) is 6.85. The number of hydrogen-bond acceptors (Lipinski definition) is 4. The van der Waals surface area contributed by atoms with E-state index in [-0.39, 0.29) is 23.8 Å². The van der Waals surface area contributed by atoms with E-state index < -0.39 is 5.54 Å². The second-order valence-electron chi connectivity index (χ2n) is 8.10. The number of rotatable bonds is 1. The first-order valence-electron chi connectivity index (χ1n) is 9.77. The zero-order valence-corrected chi connectivity index (χ0v) is 14.9. The standard InChI is InChI=1S/C20H25N3O3/c24-14-7-10-22(11-8-14)18(25)16-12-13-4-3-9-23(13)20(16)15-5-1-2-6-17(15)21-19(20)26/h1-2,5-6,13-14,16,24H,3-4,7-12H2,(H,21,26)/t13-,16-,20+/m1/s1. The van der Waals surface area contributed by atoms with Crippen molar-refractivity contribution in [1.82, 2.24) is 9.80 Å². The van der Waals surface area contributed by atoms with Crippen LogP contribution in [0, 0.1) is 5.92 Å². The summed E-state index contributed by atoms with van der Waals surface area (Å²) in [6.45, 7) is 2.04. The van der Waals surface area contributed by atoms with Crippen LogP contribution in [-0.4, -0.2) is 58.5 Å². The van der Waals surface area contributed by atoms with Gasteiger partial charge in [0.25, 0.3) is 0 Å². The van der Waals surface area contributed by atoms with Gasteiger partial charge in [0.2, 0.25) is 11.8 Å². The fourth-order valence-corrected chi connectivity index (χ4v) is 5.67. The summed E-state index contributed by atoms with van der Waals surface area (Å²) in [5.74, 6) is -0.302. The summed E-state index contributed by atoms with van der Waals surface area (Å²) in [5, 5.41) is 12.8. The number of aliphatic hydroxyl groups excluding tert-OH is 1. The van der Waals surface area contributed by atoms with Gasteiger partial charge in [0.15, 0.2) is 0 Å². The summed E-state index contributed by atoms with van der Waals surface area (Å²) in [6.07, 6.45) is 3.83. The average molecular weight is 355 g/mol. The highest BCUT2D eigenvalue weighted by atomic mass is 16.3. The second-order valence-corrected chi connectivity index (χ2v) is 8.10. The summed E-state index contributed by atoms with van der Waals surface area (Å²) in [6, 6.07) is 8.13. The Hall–Kier alpha value is -1.92. The molecule has 0 bridgehead atoms. The summed E-state index contributed by atoms with van der Waals surface area (Å²) in [4.78, 5) is 30.9. The molecule has 4 aliphatic heterocycles. The Balaban J connectivity index is 1.57. The van der Waals surface area contributed by atoms with Gasteiger partial charge in [-0.05, 0) is 44.7 Å². The number of benzene rings is 1. The molecule has 3 fully saturated rings. The predicted molar refractivity (Wildman–Crippen MR) is 96.4 cm³/mol. The van der Waals surface area contributed by atoms with Gasteiger partial charge in [-0.1, -0.05) is 18.2 Å². The van der Waals surface area contributed by atoms with E-state index in [2.05, 4.69) is 10.2 Å². The first-order valence-corrected chi connectivity index (χ1v) is 9.77.